The van der Waals surface area contributed by atoms with Gasteiger partial charge < -0.3 is 15.0 Å². The van der Waals surface area contributed by atoms with E-state index in [0.29, 0.717) is 24.0 Å². The second kappa shape index (κ2) is 6.00. The van der Waals surface area contributed by atoms with Gasteiger partial charge in [-0.15, -0.1) is 0 Å². The van der Waals surface area contributed by atoms with Crippen LogP contribution in [-0.4, -0.2) is 48.2 Å². The fourth-order valence-electron chi connectivity index (χ4n) is 2.32. The molecule has 110 valence electrons. The van der Waals surface area contributed by atoms with Crippen LogP contribution in [0.3, 0.4) is 0 Å². The quantitative estimate of drug-likeness (QED) is 0.643. The van der Waals surface area contributed by atoms with Crippen molar-refractivity contribution in [2.75, 3.05) is 37.5 Å². The maximum atomic E-state index is 11.2. The fourth-order valence-corrected chi connectivity index (χ4v) is 2.32. The highest BCUT2D eigenvalue weighted by atomic mass is 16.6. The van der Waals surface area contributed by atoms with Crippen LogP contribution in [0.4, 0.5) is 17.5 Å². The van der Waals surface area contributed by atoms with Gasteiger partial charge in [0.25, 0.3) is 0 Å². The van der Waals surface area contributed by atoms with Gasteiger partial charge in [-0.3, -0.25) is 10.1 Å². The Morgan fingerprint density at radius 2 is 2.30 bits per heavy atom. The number of aryl methyl sites for hydroxylation is 1. The third-order valence-electron chi connectivity index (χ3n) is 3.31. The summed E-state index contributed by atoms with van der Waals surface area (Å²) in [7, 11) is 3.47. The van der Waals surface area contributed by atoms with Crippen LogP contribution in [0.1, 0.15) is 18.5 Å². The summed E-state index contributed by atoms with van der Waals surface area (Å²) in [4.78, 5) is 20.9. The molecule has 1 unspecified atom stereocenters. The van der Waals surface area contributed by atoms with Crippen molar-refractivity contribution in [2.24, 2.45) is 0 Å². The van der Waals surface area contributed by atoms with Gasteiger partial charge in [-0.25, -0.2) is 4.98 Å². The molecule has 0 aromatic carbocycles. The van der Waals surface area contributed by atoms with E-state index in [9.17, 15) is 10.1 Å². The first-order chi connectivity index (χ1) is 9.52. The Balaban J connectivity index is 2.31. The van der Waals surface area contributed by atoms with E-state index in [0.717, 1.165) is 19.4 Å². The van der Waals surface area contributed by atoms with Gasteiger partial charge in [-0.1, -0.05) is 0 Å². The van der Waals surface area contributed by atoms with Crippen molar-refractivity contribution in [3.05, 3.63) is 15.8 Å². The van der Waals surface area contributed by atoms with Crippen molar-refractivity contribution in [3.8, 4) is 0 Å². The first-order valence-electron chi connectivity index (χ1n) is 6.56. The lowest BCUT2D eigenvalue weighted by atomic mass is 10.2. The smallest absolute Gasteiger partial charge is 0.332 e. The highest BCUT2D eigenvalue weighted by Gasteiger charge is 2.27. The summed E-state index contributed by atoms with van der Waals surface area (Å²) in [5.74, 6) is 0.699. The topological polar surface area (TPSA) is 93.4 Å². The summed E-state index contributed by atoms with van der Waals surface area (Å²) in [6, 6.07) is 0. The Morgan fingerprint density at radius 3 is 2.85 bits per heavy atom. The molecule has 0 amide bonds. The summed E-state index contributed by atoms with van der Waals surface area (Å²) < 4.78 is 5.56. The Kier molecular flexibility index (Phi) is 4.33. The molecule has 2 heterocycles. The first-order valence-corrected chi connectivity index (χ1v) is 6.56. The van der Waals surface area contributed by atoms with Crippen molar-refractivity contribution in [1.82, 2.24) is 9.97 Å². The largest absolute Gasteiger partial charge is 0.376 e. The normalized spacial score (nSPS) is 18.1. The lowest BCUT2D eigenvalue weighted by Crippen LogP contribution is -2.30. The summed E-state index contributed by atoms with van der Waals surface area (Å²) in [5, 5.41) is 14.1. The molecule has 1 aliphatic heterocycles. The van der Waals surface area contributed by atoms with Gasteiger partial charge in [0, 0.05) is 27.2 Å². The van der Waals surface area contributed by atoms with Gasteiger partial charge >= 0.3 is 5.69 Å². The van der Waals surface area contributed by atoms with Crippen LogP contribution < -0.4 is 10.2 Å². The standard InChI is InChI=1S/C12H19N5O3/c1-8-10(17(18)19)11(15-12(13-2)14-8)16(3)7-9-5-4-6-20-9/h9H,4-7H2,1-3H3,(H,13,14,15). The van der Waals surface area contributed by atoms with Crippen LogP contribution in [0.25, 0.3) is 0 Å². The number of nitrogens with zero attached hydrogens (tertiary/aromatic N) is 4. The second-order valence-corrected chi connectivity index (χ2v) is 4.83. The molecular weight excluding hydrogens is 262 g/mol. The third-order valence-corrected chi connectivity index (χ3v) is 3.31. The van der Waals surface area contributed by atoms with Gasteiger partial charge in [0.15, 0.2) is 0 Å². The molecule has 1 N–H and O–H groups in total. The van der Waals surface area contributed by atoms with Crippen molar-refractivity contribution in [3.63, 3.8) is 0 Å². The van der Waals surface area contributed by atoms with Crippen molar-refractivity contribution < 1.29 is 9.66 Å². The third kappa shape index (κ3) is 2.96. The Labute approximate surface area is 117 Å². The molecule has 1 aliphatic rings. The Hall–Kier alpha value is -1.96. The number of rotatable bonds is 5. The molecule has 0 bridgehead atoms. The molecule has 2 rings (SSSR count). The van der Waals surface area contributed by atoms with Crippen molar-refractivity contribution >= 4 is 17.5 Å². The number of likely N-dealkylation sites (N-methyl/N-ethyl adjacent to an activating group) is 1. The molecule has 0 aliphatic carbocycles. The SMILES string of the molecule is CNc1nc(C)c([N+](=O)[O-])c(N(C)CC2CCCO2)n1. The molecule has 8 nitrogen and oxygen atoms in total. The van der Waals surface area contributed by atoms with Crippen LogP contribution in [0.5, 0.6) is 0 Å². The lowest BCUT2D eigenvalue weighted by Gasteiger charge is -2.22. The molecule has 1 fully saturated rings. The van der Waals surface area contributed by atoms with Crippen LogP contribution in [-0.2, 0) is 4.74 Å². The predicted octanol–water partition coefficient (Wildman–Crippen LogP) is 1.35. The zero-order valence-corrected chi connectivity index (χ0v) is 11.9. The zero-order chi connectivity index (χ0) is 14.7. The minimum Gasteiger partial charge on any atom is -0.376 e. The number of anilines is 2. The van der Waals surface area contributed by atoms with Crippen LogP contribution in [0, 0.1) is 17.0 Å². The molecule has 0 spiro atoms. The van der Waals surface area contributed by atoms with E-state index in [-0.39, 0.29) is 11.8 Å². The number of nitrogens with one attached hydrogen (secondary N) is 1. The molecule has 1 aromatic heterocycles. The number of aromatic nitrogens is 2. The van der Waals surface area contributed by atoms with Crippen LogP contribution in [0.15, 0.2) is 0 Å². The van der Waals surface area contributed by atoms with Crippen LogP contribution in [0.2, 0.25) is 0 Å². The number of ether oxygens (including phenoxy) is 1. The van der Waals surface area contributed by atoms with Crippen molar-refractivity contribution in [2.45, 2.75) is 25.9 Å². The predicted molar refractivity (Wildman–Crippen MR) is 75.2 cm³/mol. The molecular formula is C12H19N5O3. The first kappa shape index (κ1) is 14.4. The summed E-state index contributed by atoms with van der Waals surface area (Å²) in [5.41, 5.74) is 0.299. The van der Waals surface area contributed by atoms with E-state index < -0.39 is 4.92 Å². The number of nitro groups is 1. The number of hydrogen-bond donors (Lipinski definition) is 1. The molecule has 1 saturated heterocycles. The molecule has 8 heteroatoms. The minimum absolute atomic E-state index is 0.0514. The van der Waals surface area contributed by atoms with Gasteiger partial charge in [-0.2, -0.15) is 4.98 Å². The molecule has 20 heavy (non-hydrogen) atoms. The number of hydrogen-bond acceptors (Lipinski definition) is 7. The average molecular weight is 281 g/mol. The summed E-state index contributed by atoms with van der Waals surface area (Å²) >= 11 is 0. The maximum Gasteiger partial charge on any atom is 0.332 e. The van der Waals surface area contributed by atoms with E-state index >= 15 is 0 Å². The van der Waals surface area contributed by atoms with Crippen LogP contribution >= 0.6 is 0 Å². The van der Waals surface area contributed by atoms with Gasteiger partial charge in [-0.05, 0) is 19.8 Å². The van der Waals surface area contributed by atoms with E-state index in [4.69, 9.17) is 4.74 Å². The van der Waals surface area contributed by atoms with E-state index in [2.05, 4.69) is 15.3 Å². The second-order valence-electron chi connectivity index (χ2n) is 4.83. The average Bonchev–Trinajstić information content (AvgIpc) is 2.89. The monoisotopic (exact) mass is 281 g/mol. The molecule has 0 radical (unpaired) electrons. The highest BCUT2D eigenvalue weighted by Crippen LogP contribution is 2.29. The summed E-state index contributed by atoms with van der Waals surface area (Å²) in [6.07, 6.45) is 2.11. The summed E-state index contributed by atoms with van der Waals surface area (Å²) in [6.45, 7) is 2.95. The van der Waals surface area contributed by atoms with Gasteiger partial charge in [0.2, 0.25) is 11.8 Å². The molecule has 0 saturated carbocycles. The maximum absolute atomic E-state index is 11.2. The lowest BCUT2D eigenvalue weighted by molar-refractivity contribution is -0.385. The van der Waals surface area contributed by atoms with Gasteiger partial charge in [0.1, 0.15) is 5.69 Å². The van der Waals surface area contributed by atoms with E-state index in [1.54, 1.807) is 25.9 Å². The minimum atomic E-state index is -0.434. The fraction of sp³-hybridized carbons (Fsp3) is 0.667. The Morgan fingerprint density at radius 1 is 1.55 bits per heavy atom. The zero-order valence-electron chi connectivity index (χ0n) is 11.9. The highest BCUT2D eigenvalue weighted by molar-refractivity contribution is 5.62. The van der Waals surface area contributed by atoms with Gasteiger partial charge in [0.05, 0.1) is 11.0 Å². The van der Waals surface area contributed by atoms with E-state index in [1.807, 2.05) is 0 Å². The Bertz CT molecular complexity index is 502. The molecule has 1 aromatic rings. The van der Waals surface area contributed by atoms with Crippen molar-refractivity contribution in [1.29, 1.82) is 0 Å². The van der Waals surface area contributed by atoms with E-state index in [1.165, 1.54) is 0 Å². The molecule has 1 atom stereocenters.